The van der Waals surface area contributed by atoms with Crippen LogP contribution in [-0.4, -0.2) is 39.6 Å². The highest BCUT2D eigenvalue weighted by Crippen LogP contribution is 2.50. The third kappa shape index (κ3) is 7.35. The molecular formula is C43H54N2O5. The predicted molar refractivity (Wildman–Crippen MR) is 197 cm³/mol. The fourth-order valence-corrected chi connectivity index (χ4v) is 9.27. The van der Waals surface area contributed by atoms with Crippen molar-refractivity contribution in [3.63, 3.8) is 0 Å². The first-order chi connectivity index (χ1) is 24.2. The van der Waals surface area contributed by atoms with Crippen molar-refractivity contribution < 1.29 is 19.4 Å². The smallest absolute Gasteiger partial charge is 0.274 e. The van der Waals surface area contributed by atoms with E-state index < -0.39 is 6.10 Å². The zero-order chi connectivity index (χ0) is 34.8. The van der Waals surface area contributed by atoms with Crippen LogP contribution in [0.25, 0.3) is 0 Å². The molecule has 3 heterocycles. The van der Waals surface area contributed by atoms with Crippen molar-refractivity contribution in [1.29, 1.82) is 0 Å². The van der Waals surface area contributed by atoms with Crippen LogP contribution in [0.2, 0.25) is 0 Å². The highest BCUT2D eigenvalue weighted by atomic mass is 16.5. The number of pyridine rings is 1. The molecule has 50 heavy (non-hydrogen) atoms. The van der Waals surface area contributed by atoms with E-state index in [2.05, 4.69) is 44.2 Å². The minimum atomic E-state index is -0.682. The number of hydrogen-bond donors (Lipinski definition) is 1. The van der Waals surface area contributed by atoms with Crippen LogP contribution in [-0.2, 0) is 11.2 Å². The van der Waals surface area contributed by atoms with Gasteiger partial charge < -0.3 is 19.3 Å². The van der Waals surface area contributed by atoms with Gasteiger partial charge >= 0.3 is 0 Å². The summed E-state index contributed by atoms with van der Waals surface area (Å²) in [6.45, 7) is 4.94. The molecular weight excluding hydrogens is 624 g/mol. The number of amides is 1. The standard InChI is InChI=1S/C43H54N2O5/c1-29(2)31-17-19-40-36(24-31)32(27-43(50-40)20-8-9-21-43)16-18-38(46)33(23-30-11-4-3-5-12-30)26-39(47)34-25-37(44-22-10-15-41(44)48)42(49)45(28-34)35-13-6-7-14-35/h3-5,11-12,17,19,24-25,28-29,32-33,35,38,46H,6-10,13-16,18,20-23,26-27H2,1-2H3/t32-,33+,38+/m0/s1. The number of Topliss-reactive ketones (excluding diaryl/α,β-unsaturated/α-hetero) is 1. The van der Waals surface area contributed by atoms with Crippen molar-refractivity contribution in [3.05, 3.63) is 93.4 Å². The van der Waals surface area contributed by atoms with E-state index in [1.165, 1.54) is 24.0 Å². The highest BCUT2D eigenvalue weighted by molar-refractivity contribution is 5.99. The Morgan fingerprint density at radius 1 is 0.980 bits per heavy atom. The van der Waals surface area contributed by atoms with Crippen molar-refractivity contribution in [2.75, 3.05) is 11.4 Å². The van der Waals surface area contributed by atoms with E-state index in [9.17, 15) is 19.5 Å². The van der Waals surface area contributed by atoms with E-state index in [1.807, 2.05) is 18.2 Å². The lowest BCUT2D eigenvalue weighted by atomic mass is 9.77. The number of carbonyl (C=O) groups is 2. The topological polar surface area (TPSA) is 88.8 Å². The van der Waals surface area contributed by atoms with Crippen LogP contribution < -0.4 is 15.2 Å². The van der Waals surface area contributed by atoms with Gasteiger partial charge in [0.25, 0.3) is 5.56 Å². The van der Waals surface area contributed by atoms with Crippen molar-refractivity contribution >= 4 is 17.4 Å². The molecule has 1 saturated heterocycles. The van der Waals surface area contributed by atoms with Gasteiger partial charge in [0.1, 0.15) is 17.0 Å². The molecule has 7 rings (SSSR count). The van der Waals surface area contributed by atoms with Crippen molar-refractivity contribution in [1.82, 2.24) is 4.57 Å². The Hall–Kier alpha value is -3.71. The van der Waals surface area contributed by atoms with Crippen LogP contribution >= 0.6 is 0 Å². The number of aliphatic hydroxyl groups is 1. The van der Waals surface area contributed by atoms with Gasteiger partial charge in [-0.1, -0.05) is 69.2 Å². The normalized spacial score (nSPS) is 21.5. The molecule has 1 spiro atoms. The molecule has 3 fully saturated rings. The predicted octanol–water partition coefficient (Wildman–Crippen LogP) is 8.67. The van der Waals surface area contributed by atoms with Gasteiger partial charge in [-0.25, -0.2) is 0 Å². The molecule has 266 valence electrons. The van der Waals surface area contributed by atoms with Crippen LogP contribution in [0.4, 0.5) is 5.69 Å². The third-order valence-electron chi connectivity index (χ3n) is 12.2. The molecule has 1 amide bonds. The highest BCUT2D eigenvalue weighted by Gasteiger charge is 2.43. The second-order valence-corrected chi connectivity index (χ2v) is 16.0. The van der Waals surface area contributed by atoms with E-state index in [4.69, 9.17) is 4.74 Å². The SMILES string of the molecule is CC(C)c1ccc2c(c1)[C@@H](CC[C@@H](O)[C@@H](CC(=O)c1cc(N3CCCC3=O)c(=O)n(C3CCCC3)c1)Cc1ccccc1)CC1(CCCC1)O2. The van der Waals surface area contributed by atoms with Gasteiger partial charge in [-0.2, -0.15) is 0 Å². The molecule has 3 atom stereocenters. The molecule has 0 unspecified atom stereocenters. The summed E-state index contributed by atoms with van der Waals surface area (Å²) < 4.78 is 8.47. The lowest BCUT2D eigenvalue weighted by Gasteiger charge is -2.41. The van der Waals surface area contributed by atoms with Crippen molar-refractivity contribution in [2.24, 2.45) is 5.92 Å². The second kappa shape index (κ2) is 14.9. The van der Waals surface area contributed by atoms with Gasteiger partial charge in [0, 0.05) is 37.2 Å². The molecule has 0 bridgehead atoms. The maximum atomic E-state index is 14.3. The Labute approximate surface area is 297 Å². The van der Waals surface area contributed by atoms with Crippen molar-refractivity contribution in [3.8, 4) is 5.75 Å². The Morgan fingerprint density at radius 2 is 1.74 bits per heavy atom. The van der Waals surface area contributed by atoms with Crippen LogP contribution in [0.15, 0.2) is 65.6 Å². The summed E-state index contributed by atoms with van der Waals surface area (Å²) in [6, 6.07) is 18.5. The largest absolute Gasteiger partial charge is 0.487 e. The first kappa shape index (κ1) is 34.7. The zero-order valence-corrected chi connectivity index (χ0v) is 29.9. The van der Waals surface area contributed by atoms with Gasteiger partial charge in [0.2, 0.25) is 5.91 Å². The number of benzene rings is 2. The van der Waals surface area contributed by atoms with E-state index in [1.54, 1.807) is 21.7 Å². The molecule has 4 aliphatic rings. The third-order valence-corrected chi connectivity index (χ3v) is 12.2. The Morgan fingerprint density at radius 3 is 2.44 bits per heavy atom. The molecule has 2 aliphatic carbocycles. The first-order valence-electron chi connectivity index (χ1n) is 19.3. The molecule has 1 N–H and O–H groups in total. The number of aromatic nitrogens is 1. The second-order valence-electron chi connectivity index (χ2n) is 16.0. The maximum Gasteiger partial charge on any atom is 0.274 e. The molecule has 7 nitrogen and oxygen atoms in total. The number of rotatable bonds is 12. The first-order valence-corrected chi connectivity index (χ1v) is 19.3. The van der Waals surface area contributed by atoms with E-state index >= 15 is 0 Å². The molecule has 2 aromatic carbocycles. The molecule has 7 heteroatoms. The van der Waals surface area contributed by atoms with Gasteiger partial charge in [0.05, 0.1) is 6.10 Å². The fraction of sp³-hybridized carbons (Fsp3) is 0.558. The zero-order valence-electron chi connectivity index (χ0n) is 29.9. The Kier molecular flexibility index (Phi) is 10.3. The molecule has 2 aliphatic heterocycles. The number of fused-ring (bicyclic) bond motifs is 1. The van der Waals surface area contributed by atoms with E-state index in [-0.39, 0.29) is 47.1 Å². The number of aliphatic hydroxyl groups excluding tert-OH is 1. The van der Waals surface area contributed by atoms with Crippen LogP contribution in [0, 0.1) is 5.92 Å². The quantitative estimate of drug-likeness (QED) is 0.194. The van der Waals surface area contributed by atoms with Gasteiger partial charge in [-0.15, -0.1) is 0 Å². The number of hydrogen-bond acceptors (Lipinski definition) is 5. The monoisotopic (exact) mass is 678 g/mol. The summed E-state index contributed by atoms with van der Waals surface area (Å²) in [5.41, 5.74) is 4.15. The van der Waals surface area contributed by atoms with E-state index in [0.717, 1.165) is 62.7 Å². The average molecular weight is 679 g/mol. The summed E-state index contributed by atoms with van der Waals surface area (Å²) in [4.78, 5) is 42.3. The number of nitrogens with zero attached hydrogens (tertiary/aromatic N) is 2. The molecule has 0 radical (unpaired) electrons. The molecule has 3 aromatic rings. The minimum Gasteiger partial charge on any atom is -0.487 e. The summed E-state index contributed by atoms with van der Waals surface area (Å²) in [6.07, 6.45) is 13.8. The summed E-state index contributed by atoms with van der Waals surface area (Å²) in [5, 5.41) is 12.0. The number of carbonyl (C=O) groups excluding carboxylic acids is 2. The lowest BCUT2D eigenvalue weighted by Crippen LogP contribution is -2.38. The minimum absolute atomic E-state index is 0.0409. The van der Waals surface area contributed by atoms with Crippen LogP contribution in [0.3, 0.4) is 0 Å². The van der Waals surface area contributed by atoms with Gasteiger partial charge in [-0.05, 0) is 117 Å². The fourth-order valence-electron chi connectivity index (χ4n) is 9.27. The number of ether oxygens (including phenoxy) is 1. The van der Waals surface area contributed by atoms with Crippen LogP contribution in [0.5, 0.6) is 5.75 Å². The Bertz CT molecular complexity index is 1730. The van der Waals surface area contributed by atoms with Gasteiger partial charge in [-0.3, -0.25) is 14.4 Å². The molecule has 1 aromatic heterocycles. The summed E-state index contributed by atoms with van der Waals surface area (Å²) in [7, 11) is 0. The Balaban J connectivity index is 1.15. The van der Waals surface area contributed by atoms with Gasteiger partial charge in [0.15, 0.2) is 5.78 Å². The summed E-state index contributed by atoms with van der Waals surface area (Å²) >= 11 is 0. The van der Waals surface area contributed by atoms with Crippen LogP contribution in [0.1, 0.15) is 149 Å². The number of ketones is 1. The molecule has 2 saturated carbocycles. The summed E-state index contributed by atoms with van der Waals surface area (Å²) in [5.74, 6) is 1.26. The maximum absolute atomic E-state index is 14.3. The van der Waals surface area contributed by atoms with Crippen molar-refractivity contribution in [2.45, 2.75) is 140 Å². The van der Waals surface area contributed by atoms with E-state index in [0.29, 0.717) is 49.4 Å². The lowest BCUT2D eigenvalue weighted by molar-refractivity contribution is -0.117. The average Bonchev–Trinajstić information content (AvgIpc) is 3.91. The number of anilines is 1.